The molecule has 0 radical (unpaired) electrons. The molecule has 0 atom stereocenters. The lowest BCUT2D eigenvalue weighted by Crippen LogP contribution is -2.23. The number of aromatic hydroxyl groups is 1. The fourth-order valence-electron chi connectivity index (χ4n) is 1.63. The molecule has 16 heavy (non-hydrogen) atoms. The van der Waals surface area contributed by atoms with Crippen molar-refractivity contribution in [3.05, 3.63) is 46.9 Å². The Morgan fingerprint density at radius 2 is 2.19 bits per heavy atom. The van der Waals surface area contributed by atoms with Gasteiger partial charge in [-0.3, -0.25) is 4.79 Å². The van der Waals surface area contributed by atoms with Crippen molar-refractivity contribution in [3.63, 3.8) is 0 Å². The van der Waals surface area contributed by atoms with Crippen LogP contribution >= 0.6 is 0 Å². The molecule has 0 amide bonds. The van der Waals surface area contributed by atoms with Gasteiger partial charge in [-0.15, -0.1) is 0 Å². The number of rotatable bonds is 3. The lowest BCUT2D eigenvalue weighted by molar-refractivity contribution is 0.466. The van der Waals surface area contributed by atoms with Gasteiger partial charge >= 0.3 is 0 Å². The van der Waals surface area contributed by atoms with E-state index in [4.69, 9.17) is 0 Å². The van der Waals surface area contributed by atoms with Crippen LogP contribution < -0.4 is 5.56 Å². The summed E-state index contributed by atoms with van der Waals surface area (Å²) < 4.78 is 3.53. The molecule has 5 heteroatoms. The van der Waals surface area contributed by atoms with Crippen LogP contribution in [0, 0.1) is 6.92 Å². The van der Waals surface area contributed by atoms with E-state index in [-0.39, 0.29) is 11.3 Å². The fourth-order valence-corrected chi connectivity index (χ4v) is 1.63. The molecular formula is C11H13N3O2. The van der Waals surface area contributed by atoms with Crippen LogP contribution in [0.4, 0.5) is 0 Å². The van der Waals surface area contributed by atoms with Gasteiger partial charge in [0.2, 0.25) is 0 Å². The Morgan fingerprint density at radius 3 is 2.81 bits per heavy atom. The van der Waals surface area contributed by atoms with E-state index in [2.05, 4.69) is 4.98 Å². The van der Waals surface area contributed by atoms with Crippen molar-refractivity contribution in [1.82, 2.24) is 14.1 Å². The average Bonchev–Trinajstić information content (AvgIpc) is 2.68. The summed E-state index contributed by atoms with van der Waals surface area (Å²) in [5.41, 5.74) is 0.572. The Hall–Kier alpha value is -2.04. The molecule has 0 fully saturated rings. The summed E-state index contributed by atoms with van der Waals surface area (Å²) in [6.45, 7) is 3.06. The summed E-state index contributed by atoms with van der Waals surface area (Å²) >= 11 is 0. The normalized spacial score (nSPS) is 10.6. The minimum Gasteiger partial charge on any atom is -0.508 e. The molecule has 0 aliphatic rings. The van der Waals surface area contributed by atoms with Crippen LogP contribution in [0.5, 0.6) is 5.75 Å². The van der Waals surface area contributed by atoms with Crippen molar-refractivity contribution in [1.29, 1.82) is 0 Å². The summed E-state index contributed by atoms with van der Waals surface area (Å²) in [5, 5.41) is 9.24. The summed E-state index contributed by atoms with van der Waals surface area (Å²) in [6.07, 6.45) is 5.26. The fraction of sp³-hybridized carbons (Fsp3) is 0.273. The van der Waals surface area contributed by atoms with E-state index in [1.165, 1.54) is 6.07 Å². The van der Waals surface area contributed by atoms with Gasteiger partial charge in [0.05, 0.1) is 6.33 Å². The van der Waals surface area contributed by atoms with Gasteiger partial charge in [0.25, 0.3) is 5.56 Å². The van der Waals surface area contributed by atoms with E-state index in [1.807, 2.05) is 10.8 Å². The number of imidazole rings is 1. The van der Waals surface area contributed by atoms with E-state index in [0.29, 0.717) is 13.1 Å². The van der Waals surface area contributed by atoms with E-state index in [0.717, 1.165) is 5.69 Å². The summed E-state index contributed by atoms with van der Waals surface area (Å²) in [6, 6.07) is 2.80. The molecule has 0 saturated carbocycles. The molecule has 0 aliphatic heterocycles. The predicted molar refractivity (Wildman–Crippen MR) is 59.3 cm³/mol. The third kappa shape index (κ3) is 2.13. The highest BCUT2D eigenvalue weighted by Gasteiger charge is 2.02. The van der Waals surface area contributed by atoms with Gasteiger partial charge in [0.1, 0.15) is 5.75 Å². The molecule has 1 N–H and O–H groups in total. The zero-order valence-electron chi connectivity index (χ0n) is 9.00. The van der Waals surface area contributed by atoms with Crippen LogP contribution in [-0.2, 0) is 13.1 Å². The highest BCUT2D eigenvalue weighted by molar-refractivity contribution is 5.21. The molecule has 2 aromatic heterocycles. The largest absolute Gasteiger partial charge is 0.508 e. The van der Waals surface area contributed by atoms with Gasteiger partial charge in [0.15, 0.2) is 0 Å². The molecule has 0 saturated heterocycles. The smallest absolute Gasteiger partial charge is 0.254 e. The maximum absolute atomic E-state index is 11.6. The second-order valence-corrected chi connectivity index (χ2v) is 3.65. The van der Waals surface area contributed by atoms with Gasteiger partial charge < -0.3 is 14.2 Å². The quantitative estimate of drug-likeness (QED) is 0.829. The van der Waals surface area contributed by atoms with Gasteiger partial charge in [-0.2, -0.15) is 0 Å². The highest BCUT2D eigenvalue weighted by Crippen LogP contribution is 2.06. The van der Waals surface area contributed by atoms with Gasteiger partial charge in [-0.1, -0.05) is 0 Å². The second-order valence-electron chi connectivity index (χ2n) is 3.65. The number of aromatic nitrogens is 3. The minimum absolute atomic E-state index is 0.0152. The summed E-state index contributed by atoms with van der Waals surface area (Å²) in [5.74, 6) is 0.0152. The van der Waals surface area contributed by atoms with Crippen LogP contribution in [0.25, 0.3) is 0 Å². The van der Waals surface area contributed by atoms with Crippen LogP contribution in [0.15, 0.2) is 35.6 Å². The van der Waals surface area contributed by atoms with Crippen molar-refractivity contribution in [2.75, 3.05) is 0 Å². The lowest BCUT2D eigenvalue weighted by Gasteiger charge is -2.10. The monoisotopic (exact) mass is 219 g/mol. The van der Waals surface area contributed by atoms with Crippen LogP contribution in [-0.4, -0.2) is 19.2 Å². The Kier molecular flexibility index (Phi) is 2.76. The third-order valence-corrected chi connectivity index (χ3v) is 2.46. The van der Waals surface area contributed by atoms with Crippen molar-refractivity contribution < 1.29 is 5.11 Å². The second kappa shape index (κ2) is 4.22. The van der Waals surface area contributed by atoms with Crippen molar-refractivity contribution in [2.45, 2.75) is 20.0 Å². The molecule has 2 heterocycles. The van der Waals surface area contributed by atoms with Crippen molar-refractivity contribution in [3.8, 4) is 5.75 Å². The highest BCUT2D eigenvalue weighted by atomic mass is 16.3. The molecule has 2 aromatic rings. The zero-order valence-corrected chi connectivity index (χ0v) is 9.00. The first-order valence-corrected chi connectivity index (χ1v) is 5.03. The standard InChI is InChI=1S/C11H13N3O2/c1-9-6-10(15)7-11(16)14(9)5-4-13-3-2-12-8-13/h2-3,6-8,15H,4-5H2,1H3. The maximum atomic E-state index is 11.6. The predicted octanol–water partition coefficient (Wildman–Crippen LogP) is 0.759. The minimum atomic E-state index is -0.183. The van der Waals surface area contributed by atoms with E-state index >= 15 is 0 Å². The molecule has 0 aromatic carbocycles. The molecular weight excluding hydrogens is 206 g/mol. The first-order chi connectivity index (χ1) is 7.66. The van der Waals surface area contributed by atoms with Gasteiger partial charge in [-0.25, -0.2) is 4.98 Å². The number of pyridine rings is 1. The maximum Gasteiger partial charge on any atom is 0.254 e. The molecule has 0 spiro atoms. The molecule has 2 rings (SSSR count). The summed E-state index contributed by atoms with van der Waals surface area (Å²) in [7, 11) is 0. The Labute approximate surface area is 92.6 Å². The van der Waals surface area contributed by atoms with Crippen LogP contribution in [0.1, 0.15) is 5.69 Å². The topological polar surface area (TPSA) is 60.0 Å². The third-order valence-electron chi connectivity index (χ3n) is 2.46. The number of hydrogen-bond donors (Lipinski definition) is 1. The molecule has 84 valence electrons. The van der Waals surface area contributed by atoms with Crippen LogP contribution in [0.3, 0.4) is 0 Å². The average molecular weight is 219 g/mol. The Morgan fingerprint density at radius 1 is 1.38 bits per heavy atom. The SMILES string of the molecule is Cc1cc(O)cc(=O)n1CCn1ccnc1. The molecule has 0 aliphatic carbocycles. The number of aryl methyl sites for hydroxylation is 2. The number of nitrogens with zero attached hydrogens (tertiary/aromatic N) is 3. The van der Waals surface area contributed by atoms with Gasteiger partial charge in [-0.05, 0) is 13.0 Å². The molecule has 5 nitrogen and oxygen atoms in total. The van der Waals surface area contributed by atoms with E-state index in [1.54, 1.807) is 30.1 Å². The summed E-state index contributed by atoms with van der Waals surface area (Å²) in [4.78, 5) is 15.5. The van der Waals surface area contributed by atoms with Crippen molar-refractivity contribution in [2.24, 2.45) is 0 Å². The zero-order chi connectivity index (χ0) is 11.5. The van der Waals surface area contributed by atoms with E-state index < -0.39 is 0 Å². The molecule has 0 bridgehead atoms. The van der Waals surface area contributed by atoms with Crippen LogP contribution in [0.2, 0.25) is 0 Å². The first-order valence-electron chi connectivity index (χ1n) is 5.03. The van der Waals surface area contributed by atoms with Gasteiger partial charge in [0, 0.05) is 37.2 Å². The van der Waals surface area contributed by atoms with Crippen molar-refractivity contribution >= 4 is 0 Å². The number of hydrogen-bond acceptors (Lipinski definition) is 3. The first kappa shape index (κ1) is 10.5. The molecule has 0 unspecified atom stereocenters. The lowest BCUT2D eigenvalue weighted by atomic mass is 10.3. The Balaban J connectivity index is 2.19. The van der Waals surface area contributed by atoms with E-state index in [9.17, 15) is 9.90 Å². The Bertz CT molecular complexity index is 529.